The highest BCUT2D eigenvalue weighted by molar-refractivity contribution is 5.79. The Labute approximate surface area is 184 Å². The third kappa shape index (κ3) is 7.23. The average molecular weight is 419 g/mol. The normalized spacial score (nSPS) is 18.3. The Hall–Kier alpha value is -3.17. The van der Waals surface area contributed by atoms with Crippen molar-refractivity contribution >= 4 is 11.8 Å². The fraction of sp³-hybridized carbons (Fsp3) is 0.400. The Morgan fingerprint density at radius 1 is 1.10 bits per heavy atom. The van der Waals surface area contributed by atoms with E-state index in [1.54, 1.807) is 0 Å². The minimum Gasteiger partial charge on any atom is -0.356 e. The van der Waals surface area contributed by atoms with E-state index in [4.69, 9.17) is 0 Å². The molecule has 0 radical (unpaired) electrons. The van der Waals surface area contributed by atoms with Gasteiger partial charge in [0.25, 0.3) is 0 Å². The quantitative estimate of drug-likeness (QED) is 0.782. The monoisotopic (exact) mass is 418 g/mol. The lowest BCUT2D eigenvalue weighted by molar-refractivity contribution is -0.126. The van der Waals surface area contributed by atoms with Gasteiger partial charge in [0.2, 0.25) is 11.8 Å². The lowest BCUT2D eigenvalue weighted by atomic mass is 9.97. The van der Waals surface area contributed by atoms with Gasteiger partial charge in [-0.3, -0.25) is 14.5 Å². The zero-order valence-electron chi connectivity index (χ0n) is 17.8. The molecule has 0 saturated carbocycles. The van der Waals surface area contributed by atoms with Crippen molar-refractivity contribution in [2.24, 2.45) is 5.92 Å². The summed E-state index contributed by atoms with van der Waals surface area (Å²) in [5.74, 6) is -0.0852. The zero-order chi connectivity index (χ0) is 21.9. The molecule has 1 fully saturated rings. The first kappa shape index (κ1) is 22.5. The molecule has 0 spiro atoms. The highest BCUT2D eigenvalue weighted by Crippen LogP contribution is 2.16. The summed E-state index contributed by atoms with van der Waals surface area (Å²) in [4.78, 5) is 27.2. The maximum atomic E-state index is 12.8. The van der Waals surface area contributed by atoms with Crippen LogP contribution >= 0.6 is 0 Å². The molecule has 6 nitrogen and oxygen atoms in total. The van der Waals surface area contributed by atoms with Crippen LogP contribution in [-0.4, -0.2) is 36.3 Å². The van der Waals surface area contributed by atoms with Crippen molar-refractivity contribution in [2.45, 2.75) is 38.8 Å². The Bertz CT molecular complexity index is 907. The van der Waals surface area contributed by atoms with Gasteiger partial charge in [-0.05, 0) is 43.0 Å². The van der Waals surface area contributed by atoms with Crippen LogP contribution in [0.25, 0.3) is 0 Å². The Morgan fingerprint density at radius 2 is 1.87 bits per heavy atom. The summed E-state index contributed by atoms with van der Waals surface area (Å²) >= 11 is 0. The summed E-state index contributed by atoms with van der Waals surface area (Å²) in [6, 6.07) is 19.7. The van der Waals surface area contributed by atoms with Crippen LogP contribution in [0.2, 0.25) is 0 Å². The zero-order valence-corrected chi connectivity index (χ0v) is 17.8. The molecular weight excluding hydrogens is 388 g/mol. The lowest BCUT2D eigenvalue weighted by Gasteiger charge is -2.23. The molecule has 0 bridgehead atoms. The predicted octanol–water partition coefficient (Wildman–Crippen LogP) is 2.98. The first-order chi connectivity index (χ1) is 15.2. The van der Waals surface area contributed by atoms with Crippen molar-refractivity contribution in [2.75, 3.05) is 19.6 Å². The smallest absolute Gasteiger partial charge is 0.223 e. The van der Waals surface area contributed by atoms with Gasteiger partial charge in [-0.2, -0.15) is 5.26 Å². The Morgan fingerprint density at radius 3 is 2.68 bits per heavy atom. The minimum atomic E-state index is -0.129. The second-order valence-corrected chi connectivity index (χ2v) is 7.98. The molecule has 2 aromatic rings. The molecule has 1 unspecified atom stereocenters. The highest BCUT2D eigenvalue weighted by Gasteiger charge is 2.20. The van der Waals surface area contributed by atoms with Gasteiger partial charge >= 0.3 is 0 Å². The summed E-state index contributed by atoms with van der Waals surface area (Å²) in [7, 11) is 0. The Kier molecular flexibility index (Phi) is 8.62. The van der Waals surface area contributed by atoms with Crippen molar-refractivity contribution in [3.05, 3.63) is 71.3 Å². The number of carbonyl (C=O) groups is 2. The van der Waals surface area contributed by atoms with E-state index >= 15 is 0 Å². The number of amides is 2. The number of carbonyl (C=O) groups excluding carboxylic acids is 2. The number of nitrogens with one attached hydrogen (secondary N) is 2. The van der Waals surface area contributed by atoms with Gasteiger partial charge in [0.15, 0.2) is 0 Å². The first-order valence-corrected chi connectivity index (χ1v) is 10.9. The van der Waals surface area contributed by atoms with E-state index in [9.17, 15) is 14.9 Å². The third-order valence-corrected chi connectivity index (χ3v) is 5.71. The van der Waals surface area contributed by atoms with Crippen LogP contribution in [0.5, 0.6) is 0 Å². The standard InChI is InChI=1S/C25H30N4O2/c26-17-22-9-4-5-10-23(22)19-29-15-6-11-21(12-14-27-24(30)13-16-29)25(31)28-18-20-7-2-1-3-8-20/h1-5,7-10,21H,6,11-16,18-19H2,(H,27,30)(H,28,31). The topological polar surface area (TPSA) is 85.2 Å². The summed E-state index contributed by atoms with van der Waals surface area (Å²) < 4.78 is 0. The van der Waals surface area contributed by atoms with Crippen molar-refractivity contribution in [1.29, 1.82) is 5.26 Å². The van der Waals surface area contributed by atoms with Crippen LogP contribution in [0.1, 0.15) is 42.4 Å². The molecule has 2 aromatic carbocycles. The van der Waals surface area contributed by atoms with Crippen molar-refractivity contribution < 1.29 is 9.59 Å². The van der Waals surface area contributed by atoms with Crippen LogP contribution in [0.15, 0.2) is 54.6 Å². The molecular formula is C25H30N4O2. The molecule has 2 amide bonds. The fourth-order valence-electron chi connectivity index (χ4n) is 3.91. The lowest BCUT2D eigenvalue weighted by Crippen LogP contribution is -2.33. The molecule has 6 heteroatoms. The van der Waals surface area contributed by atoms with Crippen LogP contribution in [0, 0.1) is 17.2 Å². The number of rotatable bonds is 5. The van der Waals surface area contributed by atoms with Gasteiger partial charge in [-0.15, -0.1) is 0 Å². The summed E-state index contributed by atoms with van der Waals surface area (Å²) in [6.07, 6.45) is 2.70. The second kappa shape index (κ2) is 11.9. The average Bonchev–Trinajstić information content (AvgIpc) is 2.84. The molecule has 0 aliphatic carbocycles. The van der Waals surface area contributed by atoms with E-state index in [1.165, 1.54) is 0 Å². The van der Waals surface area contributed by atoms with Gasteiger partial charge in [0, 0.05) is 38.5 Å². The van der Waals surface area contributed by atoms with E-state index < -0.39 is 0 Å². The van der Waals surface area contributed by atoms with Gasteiger partial charge in [0.1, 0.15) is 0 Å². The van der Waals surface area contributed by atoms with Crippen LogP contribution < -0.4 is 10.6 Å². The minimum absolute atomic E-state index is 0.00362. The van der Waals surface area contributed by atoms with E-state index in [0.717, 1.165) is 30.5 Å². The van der Waals surface area contributed by atoms with E-state index in [2.05, 4.69) is 21.6 Å². The second-order valence-electron chi connectivity index (χ2n) is 7.98. The van der Waals surface area contributed by atoms with Gasteiger partial charge in [-0.25, -0.2) is 0 Å². The molecule has 1 atom stereocenters. The molecule has 3 rings (SSSR count). The van der Waals surface area contributed by atoms with Crippen molar-refractivity contribution in [1.82, 2.24) is 15.5 Å². The first-order valence-electron chi connectivity index (χ1n) is 10.9. The fourth-order valence-corrected chi connectivity index (χ4v) is 3.91. The number of hydrogen-bond acceptors (Lipinski definition) is 4. The van der Waals surface area contributed by atoms with Crippen molar-refractivity contribution in [3.63, 3.8) is 0 Å². The summed E-state index contributed by atoms with van der Waals surface area (Å²) in [5.41, 5.74) is 2.71. The number of nitriles is 1. The van der Waals surface area contributed by atoms with E-state index in [1.807, 2.05) is 54.6 Å². The molecule has 0 aromatic heterocycles. The van der Waals surface area contributed by atoms with Gasteiger partial charge in [0.05, 0.1) is 11.6 Å². The van der Waals surface area contributed by atoms with E-state index in [0.29, 0.717) is 44.6 Å². The third-order valence-electron chi connectivity index (χ3n) is 5.71. The number of benzene rings is 2. The highest BCUT2D eigenvalue weighted by atomic mass is 16.2. The molecule has 2 N–H and O–H groups in total. The molecule has 1 saturated heterocycles. The van der Waals surface area contributed by atoms with E-state index in [-0.39, 0.29) is 17.7 Å². The molecule has 1 aliphatic heterocycles. The SMILES string of the molecule is N#Cc1ccccc1CN1CCCC(C(=O)NCc2ccccc2)CCNC(=O)CC1. The maximum Gasteiger partial charge on any atom is 0.223 e. The summed E-state index contributed by atoms with van der Waals surface area (Å²) in [6.45, 7) is 3.08. The van der Waals surface area contributed by atoms with Gasteiger partial charge in [-0.1, -0.05) is 48.5 Å². The van der Waals surface area contributed by atoms with Crippen LogP contribution in [0.3, 0.4) is 0 Å². The molecule has 1 aliphatic rings. The van der Waals surface area contributed by atoms with Gasteiger partial charge < -0.3 is 10.6 Å². The van der Waals surface area contributed by atoms with Crippen LogP contribution in [-0.2, 0) is 22.7 Å². The largest absolute Gasteiger partial charge is 0.356 e. The Balaban J connectivity index is 1.60. The predicted molar refractivity (Wildman–Crippen MR) is 120 cm³/mol. The van der Waals surface area contributed by atoms with Crippen molar-refractivity contribution in [3.8, 4) is 6.07 Å². The molecule has 1 heterocycles. The maximum absolute atomic E-state index is 12.8. The summed E-state index contributed by atoms with van der Waals surface area (Å²) in [5, 5.41) is 15.4. The van der Waals surface area contributed by atoms with Crippen LogP contribution in [0.4, 0.5) is 0 Å². The molecule has 31 heavy (non-hydrogen) atoms. The number of hydrogen-bond donors (Lipinski definition) is 2. The number of nitrogens with zero attached hydrogens (tertiary/aromatic N) is 2. The molecule has 162 valence electrons.